The van der Waals surface area contributed by atoms with E-state index < -0.39 is 5.92 Å². The Morgan fingerprint density at radius 1 is 1.27 bits per heavy atom. The number of aromatic amines is 1. The molecule has 6 nitrogen and oxygen atoms in total. The maximum absolute atomic E-state index is 13.7. The second kappa shape index (κ2) is 6.78. The summed E-state index contributed by atoms with van der Waals surface area (Å²) in [5.41, 5.74) is 10.8. The summed E-state index contributed by atoms with van der Waals surface area (Å²) in [6.07, 6.45) is 2.01. The second-order valence-electron chi connectivity index (χ2n) is 7.35. The molecule has 0 bridgehead atoms. The Labute approximate surface area is 172 Å². The maximum atomic E-state index is 13.7. The summed E-state index contributed by atoms with van der Waals surface area (Å²) >= 11 is 0. The number of ether oxygens (including phenoxy) is 1. The largest absolute Gasteiger partial charge is 0.420 e. The Bertz CT molecular complexity index is 1360. The Morgan fingerprint density at radius 3 is 2.90 bits per heavy atom. The maximum Gasteiger partial charge on any atom is 0.244 e. The van der Waals surface area contributed by atoms with Crippen LogP contribution in [-0.2, 0) is 6.54 Å². The molecular formula is C23H18FN5O. The van der Waals surface area contributed by atoms with Gasteiger partial charge < -0.3 is 15.0 Å². The van der Waals surface area contributed by atoms with Crippen molar-refractivity contribution in [2.75, 3.05) is 0 Å². The van der Waals surface area contributed by atoms with E-state index in [4.69, 9.17) is 10.5 Å². The zero-order valence-corrected chi connectivity index (χ0v) is 16.2. The van der Waals surface area contributed by atoms with Gasteiger partial charge in [0, 0.05) is 34.9 Å². The van der Waals surface area contributed by atoms with Gasteiger partial charge in [0.25, 0.3) is 0 Å². The first-order valence-electron chi connectivity index (χ1n) is 9.51. The van der Waals surface area contributed by atoms with Gasteiger partial charge in [-0.15, -0.1) is 5.10 Å². The number of nitrogens with one attached hydrogen (secondary N) is 1. The lowest BCUT2D eigenvalue weighted by molar-refractivity contribution is 0.379. The van der Waals surface area contributed by atoms with Crippen molar-refractivity contribution in [3.05, 3.63) is 94.4 Å². The predicted molar refractivity (Wildman–Crippen MR) is 110 cm³/mol. The molecule has 0 radical (unpaired) electrons. The minimum absolute atomic E-state index is 0.0588. The molecule has 3 heterocycles. The van der Waals surface area contributed by atoms with Gasteiger partial charge in [0.1, 0.15) is 17.5 Å². The third kappa shape index (κ3) is 2.73. The highest BCUT2D eigenvalue weighted by atomic mass is 19.1. The molecule has 7 heteroatoms. The monoisotopic (exact) mass is 399 g/mol. The molecule has 0 saturated carbocycles. The molecule has 5 rings (SSSR count). The summed E-state index contributed by atoms with van der Waals surface area (Å²) in [7, 11) is 0. The van der Waals surface area contributed by atoms with E-state index in [1.807, 2.05) is 43.5 Å². The number of hydrogen-bond acceptors (Lipinski definition) is 4. The Balaban J connectivity index is 1.72. The van der Waals surface area contributed by atoms with Crippen LogP contribution in [0.5, 0.6) is 5.88 Å². The van der Waals surface area contributed by atoms with E-state index in [9.17, 15) is 9.65 Å². The third-order valence-corrected chi connectivity index (χ3v) is 5.50. The molecule has 3 N–H and O–H groups in total. The van der Waals surface area contributed by atoms with Gasteiger partial charge in [0.2, 0.25) is 11.8 Å². The van der Waals surface area contributed by atoms with Gasteiger partial charge in [0.05, 0.1) is 5.92 Å². The molecule has 1 atom stereocenters. The van der Waals surface area contributed by atoms with Crippen molar-refractivity contribution in [3.8, 4) is 11.9 Å². The summed E-state index contributed by atoms with van der Waals surface area (Å²) < 4.78 is 21.3. The van der Waals surface area contributed by atoms with E-state index in [1.165, 1.54) is 12.1 Å². The average Bonchev–Trinajstić information content (AvgIpc) is 3.28. The number of H-pyrrole nitrogens is 1. The molecule has 0 spiro atoms. The lowest BCUT2D eigenvalue weighted by Crippen LogP contribution is -2.21. The van der Waals surface area contributed by atoms with Crippen molar-refractivity contribution in [2.45, 2.75) is 19.4 Å². The van der Waals surface area contributed by atoms with Gasteiger partial charge in [-0.3, -0.25) is 5.10 Å². The number of fused-ring (bicyclic) bond motifs is 2. The summed E-state index contributed by atoms with van der Waals surface area (Å²) in [5, 5.41) is 18.0. The number of aryl methyl sites for hydroxylation is 1. The van der Waals surface area contributed by atoms with Crippen molar-refractivity contribution in [3.63, 3.8) is 0 Å². The molecule has 1 aliphatic rings. The number of nitrogens with two attached hydrogens (primary N) is 1. The summed E-state index contributed by atoms with van der Waals surface area (Å²) in [5.74, 6) is -0.231. The van der Waals surface area contributed by atoms with Crippen LogP contribution in [-0.4, -0.2) is 14.8 Å². The number of rotatable bonds is 3. The van der Waals surface area contributed by atoms with E-state index in [-0.39, 0.29) is 11.7 Å². The molecule has 0 amide bonds. The fraction of sp³-hybridized carbons (Fsp3) is 0.130. The van der Waals surface area contributed by atoms with Crippen LogP contribution in [0.15, 0.2) is 66.2 Å². The number of allylic oxidation sites excluding steroid dienone is 1. The lowest BCUT2D eigenvalue weighted by Gasteiger charge is -2.23. The number of aromatic nitrogens is 3. The summed E-state index contributed by atoms with van der Waals surface area (Å²) in [4.78, 5) is 0. The number of benzene rings is 2. The normalized spacial score (nSPS) is 15.7. The highest BCUT2D eigenvalue weighted by molar-refractivity contribution is 5.86. The van der Waals surface area contributed by atoms with E-state index in [2.05, 4.69) is 20.8 Å². The Hall–Kier alpha value is -4.05. The average molecular weight is 399 g/mol. The van der Waals surface area contributed by atoms with E-state index in [0.717, 1.165) is 33.3 Å². The standard InChI is InChI=1S/C23H18FN5O/c1-13-20-21(17(10-25)22(26)30-23(20)28-27-13)18-12-29(19-8-3-2-7-16(18)19)11-14-5-4-6-15(24)9-14/h2-9,12,21H,11,26H2,1H3,(H,27,28). The second-order valence-corrected chi connectivity index (χ2v) is 7.35. The molecule has 0 saturated heterocycles. The third-order valence-electron chi connectivity index (χ3n) is 5.50. The molecule has 2 aromatic heterocycles. The predicted octanol–water partition coefficient (Wildman–Crippen LogP) is 4.08. The first-order valence-corrected chi connectivity index (χ1v) is 9.51. The zero-order chi connectivity index (χ0) is 20.8. The number of nitriles is 1. The topological polar surface area (TPSA) is 92.7 Å². The van der Waals surface area contributed by atoms with Crippen LogP contribution < -0.4 is 10.5 Å². The quantitative estimate of drug-likeness (QED) is 0.543. The van der Waals surface area contributed by atoms with Crippen LogP contribution in [0.3, 0.4) is 0 Å². The van der Waals surface area contributed by atoms with Crippen LogP contribution >= 0.6 is 0 Å². The van der Waals surface area contributed by atoms with E-state index >= 15 is 0 Å². The van der Waals surface area contributed by atoms with Crippen molar-refractivity contribution < 1.29 is 9.13 Å². The Kier molecular flexibility index (Phi) is 4.07. The Morgan fingerprint density at radius 2 is 2.10 bits per heavy atom. The van der Waals surface area contributed by atoms with Gasteiger partial charge in [0.15, 0.2) is 0 Å². The molecule has 148 valence electrons. The molecular weight excluding hydrogens is 381 g/mol. The van der Waals surface area contributed by atoms with Crippen molar-refractivity contribution in [2.24, 2.45) is 5.73 Å². The molecule has 0 aliphatic carbocycles. The van der Waals surface area contributed by atoms with Gasteiger partial charge in [-0.25, -0.2) is 4.39 Å². The van der Waals surface area contributed by atoms with Gasteiger partial charge >= 0.3 is 0 Å². The van der Waals surface area contributed by atoms with Crippen molar-refractivity contribution in [1.29, 1.82) is 5.26 Å². The summed E-state index contributed by atoms with van der Waals surface area (Å²) in [6.45, 7) is 2.39. The molecule has 0 fully saturated rings. The fourth-order valence-electron chi connectivity index (χ4n) is 4.18. The van der Waals surface area contributed by atoms with Crippen LogP contribution in [0, 0.1) is 24.1 Å². The fourth-order valence-corrected chi connectivity index (χ4v) is 4.18. The smallest absolute Gasteiger partial charge is 0.244 e. The SMILES string of the molecule is Cc1[nH]nc2c1C(c1cn(Cc3cccc(F)c3)c3ccccc13)C(C#N)=C(N)O2. The van der Waals surface area contributed by atoms with Crippen molar-refractivity contribution >= 4 is 10.9 Å². The first-order chi connectivity index (χ1) is 14.6. The zero-order valence-electron chi connectivity index (χ0n) is 16.2. The molecule has 4 aromatic rings. The highest BCUT2D eigenvalue weighted by Gasteiger charge is 2.35. The van der Waals surface area contributed by atoms with Crippen molar-refractivity contribution in [1.82, 2.24) is 14.8 Å². The summed E-state index contributed by atoms with van der Waals surface area (Å²) in [6, 6.07) is 16.7. The first kappa shape index (κ1) is 18.0. The van der Waals surface area contributed by atoms with Gasteiger partial charge in [-0.1, -0.05) is 30.3 Å². The number of nitrogens with zero attached hydrogens (tertiary/aromatic N) is 3. The van der Waals surface area contributed by atoms with E-state index in [0.29, 0.717) is 18.0 Å². The van der Waals surface area contributed by atoms with Crippen LogP contribution in [0.4, 0.5) is 4.39 Å². The highest BCUT2D eigenvalue weighted by Crippen LogP contribution is 2.45. The molecule has 30 heavy (non-hydrogen) atoms. The molecule has 2 aromatic carbocycles. The van der Waals surface area contributed by atoms with Gasteiger partial charge in [-0.2, -0.15) is 5.26 Å². The minimum atomic E-state index is -0.406. The minimum Gasteiger partial charge on any atom is -0.420 e. The van der Waals surface area contributed by atoms with Crippen LogP contribution in [0.2, 0.25) is 0 Å². The van der Waals surface area contributed by atoms with E-state index in [1.54, 1.807) is 6.07 Å². The number of hydrogen-bond donors (Lipinski definition) is 2. The lowest BCUT2D eigenvalue weighted by atomic mass is 9.84. The number of para-hydroxylation sites is 1. The van der Waals surface area contributed by atoms with Crippen LogP contribution in [0.25, 0.3) is 10.9 Å². The van der Waals surface area contributed by atoms with Gasteiger partial charge in [-0.05, 0) is 36.2 Å². The molecule has 1 aliphatic heterocycles. The molecule has 1 unspecified atom stereocenters. The number of halogens is 1. The van der Waals surface area contributed by atoms with Crippen LogP contribution in [0.1, 0.15) is 28.3 Å².